The molecule has 0 spiro atoms. The average molecular weight is 385 g/mol. The van der Waals surface area contributed by atoms with E-state index in [1.807, 2.05) is 6.07 Å². The summed E-state index contributed by atoms with van der Waals surface area (Å²) in [7, 11) is -3.12. The van der Waals surface area contributed by atoms with Gasteiger partial charge in [-0.25, -0.2) is 8.42 Å². The van der Waals surface area contributed by atoms with Gasteiger partial charge in [0.2, 0.25) is 5.91 Å². The predicted octanol–water partition coefficient (Wildman–Crippen LogP) is 2.75. The van der Waals surface area contributed by atoms with Gasteiger partial charge in [-0.2, -0.15) is 0 Å². The van der Waals surface area contributed by atoms with Crippen LogP contribution < -0.4 is 5.32 Å². The SMILES string of the molecule is O=C(CCS(=O)(=O)C1CCCC1)NCC(c1cccs1)N1CCCC1. The molecule has 1 aromatic heterocycles. The van der Waals surface area contributed by atoms with Crippen molar-refractivity contribution in [1.29, 1.82) is 0 Å². The Morgan fingerprint density at radius 2 is 1.96 bits per heavy atom. The second-order valence-electron chi connectivity index (χ2n) is 7.10. The van der Waals surface area contributed by atoms with Gasteiger partial charge in [0.25, 0.3) is 0 Å². The van der Waals surface area contributed by atoms with E-state index in [1.54, 1.807) is 11.3 Å². The van der Waals surface area contributed by atoms with E-state index < -0.39 is 9.84 Å². The van der Waals surface area contributed by atoms with Gasteiger partial charge >= 0.3 is 0 Å². The maximum atomic E-state index is 12.3. The van der Waals surface area contributed by atoms with Crippen molar-refractivity contribution in [2.75, 3.05) is 25.4 Å². The summed E-state index contributed by atoms with van der Waals surface area (Å²) in [6.07, 6.45) is 6.00. The fourth-order valence-electron chi connectivity index (χ4n) is 3.89. The molecular formula is C18H28N2O3S2. The van der Waals surface area contributed by atoms with Crippen molar-refractivity contribution in [3.8, 4) is 0 Å². The molecule has 5 nitrogen and oxygen atoms in total. The van der Waals surface area contributed by atoms with E-state index in [2.05, 4.69) is 21.7 Å². The van der Waals surface area contributed by atoms with Gasteiger partial charge in [0.15, 0.2) is 9.84 Å². The van der Waals surface area contributed by atoms with E-state index in [1.165, 1.54) is 17.7 Å². The van der Waals surface area contributed by atoms with Crippen LogP contribution in [0.3, 0.4) is 0 Å². The Morgan fingerprint density at radius 3 is 2.60 bits per heavy atom. The van der Waals surface area contributed by atoms with Crippen molar-refractivity contribution in [1.82, 2.24) is 10.2 Å². The quantitative estimate of drug-likeness (QED) is 0.748. The van der Waals surface area contributed by atoms with Gasteiger partial charge in [0, 0.05) is 17.8 Å². The molecule has 1 aromatic rings. The van der Waals surface area contributed by atoms with E-state index in [9.17, 15) is 13.2 Å². The Hall–Kier alpha value is -0.920. The normalized spacial score (nSPS) is 20.8. The number of hydrogen-bond acceptors (Lipinski definition) is 5. The van der Waals surface area contributed by atoms with Crippen LogP contribution >= 0.6 is 11.3 Å². The van der Waals surface area contributed by atoms with E-state index >= 15 is 0 Å². The van der Waals surface area contributed by atoms with Crippen molar-refractivity contribution in [3.63, 3.8) is 0 Å². The minimum Gasteiger partial charge on any atom is -0.354 e. The van der Waals surface area contributed by atoms with Gasteiger partial charge in [0.1, 0.15) is 0 Å². The summed E-state index contributed by atoms with van der Waals surface area (Å²) < 4.78 is 24.6. The maximum Gasteiger partial charge on any atom is 0.221 e. The fraction of sp³-hybridized carbons (Fsp3) is 0.722. The zero-order chi connectivity index (χ0) is 17.7. The van der Waals surface area contributed by atoms with Crippen LogP contribution in [-0.2, 0) is 14.6 Å². The second kappa shape index (κ2) is 8.64. The molecule has 1 aliphatic heterocycles. The van der Waals surface area contributed by atoms with Crippen LogP contribution in [0.25, 0.3) is 0 Å². The zero-order valence-electron chi connectivity index (χ0n) is 14.7. The Balaban J connectivity index is 1.49. The fourth-order valence-corrected chi connectivity index (χ4v) is 6.61. The van der Waals surface area contributed by atoms with Crippen LogP contribution in [0.15, 0.2) is 17.5 Å². The van der Waals surface area contributed by atoms with Crippen molar-refractivity contribution >= 4 is 27.1 Å². The Kier molecular flexibility index (Phi) is 6.52. The first kappa shape index (κ1) is 18.9. The first-order valence-electron chi connectivity index (χ1n) is 9.32. The van der Waals surface area contributed by atoms with Crippen LogP contribution in [0.5, 0.6) is 0 Å². The Bertz CT molecular complexity index is 646. The number of thiophene rings is 1. The number of rotatable bonds is 8. The molecule has 0 aromatic carbocycles. The molecule has 7 heteroatoms. The predicted molar refractivity (Wildman–Crippen MR) is 102 cm³/mol. The molecule has 1 aliphatic carbocycles. The molecule has 2 heterocycles. The van der Waals surface area contributed by atoms with E-state index in [-0.39, 0.29) is 29.4 Å². The minimum atomic E-state index is -3.12. The number of nitrogens with zero attached hydrogens (tertiary/aromatic N) is 1. The summed E-state index contributed by atoms with van der Waals surface area (Å²) in [6.45, 7) is 2.69. The number of carbonyl (C=O) groups is 1. The van der Waals surface area contributed by atoms with Gasteiger partial charge in [-0.1, -0.05) is 18.9 Å². The number of sulfone groups is 1. The number of carbonyl (C=O) groups excluding carboxylic acids is 1. The van der Waals surface area contributed by atoms with Crippen molar-refractivity contribution in [2.45, 2.75) is 56.2 Å². The third kappa shape index (κ3) is 5.05. The highest BCUT2D eigenvalue weighted by Crippen LogP contribution is 2.28. The molecule has 1 unspecified atom stereocenters. The number of amides is 1. The van der Waals surface area contributed by atoms with Gasteiger partial charge in [0.05, 0.1) is 17.0 Å². The summed E-state index contributed by atoms with van der Waals surface area (Å²) in [6, 6.07) is 4.36. The Labute approximate surface area is 154 Å². The average Bonchev–Trinajstić information content (AvgIpc) is 3.35. The monoisotopic (exact) mass is 384 g/mol. The van der Waals surface area contributed by atoms with Gasteiger partial charge in [-0.15, -0.1) is 11.3 Å². The zero-order valence-corrected chi connectivity index (χ0v) is 16.3. The number of hydrogen-bond donors (Lipinski definition) is 1. The van der Waals surface area contributed by atoms with E-state index in [4.69, 9.17) is 0 Å². The summed E-state index contributed by atoms with van der Waals surface area (Å²) in [5.41, 5.74) is 0. The topological polar surface area (TPSA) is 66.5 Å². The van der Waals surface area contributed by atoms with Crippen molar-refractivity contribution in [3.05, 3.63) is 22.4 Å². The van der Waals surface area contributed by atoms with Crippen LogP contribution in [-0.4, -0.2) is 49.9 Å². The second-order valence-corrected chi connectivity index (χ2v) is 10.5. The van der Waals surface area contributed by atoms with E-state index in [0.29, 0.717) is 6.54 Å². The molecule has 0 radical (unpaired) electrons. The molecule has 0 bridgehead atoms. The molecule has 1 saturated carbocycles. The molecule has 1 N–H and O–H groups in total. The van der Waals surface area contributed by atoms with Crippen LogP contribution in [0.2, 0.25) is 0 Å². The van der Waals surface area contributed by atoms with Crippen molar-refractivity contribution in [2.24, 2.45) is 0 Å². The molecule has 2 aliphatic rings. The molecule has 3 rings (SSSR count). The first-order valence-corrected chi connectivity index (χ1v) is 11.9. The van der Waals surface area contributed by atoms with Crippen LogP contribution in [0.4, 0.5) is 0 Å². The lowest BCUT2D eigenvalue weighted by Crippen LogP contribution is -2.37. The molecule has 25 heavy (non-hydrogen) atoms. The highest BCUT2D eigenvalue weighted by molar-refractivity contribution is 7.92. The van der Waals surface area contributed by atoms with E-state index in [0.717, 1.165) is 38.8 Å². The summed E-state index contributed by atoms with van der Waals surface area (Å²) in [5.74, 6) is -0.168. The van der Waals surface area contributed by atoms with Crippen molar-refractivity contribution < 1.29 is 13.2 Å². The lowest BCUT2D eigenvalue weighted by Gasteiger charge is -2.27. The number of nitrogens with one attached hydrogen (secondary N) is 1. The largest absolute Gasteiger partial charge is 0.354 e. The lowest BCUT2D eigenvalue weighted by atomic mass is 10.2. The first-order chi connectivity index (χ1) is 12.1. The lowest BCUT2D eigenvalue weighted by molar-refractivity contribution is -0.120. The highest BCUT2D eigenvalue weighted by atomic mass is 32.2. The summed E-state index contributed by atoms with van der Waals surface area (Å²) in [4.78, 5) is 15.9. The standard InChI is InChI=1S/C18H28N2O3S2/c21-18(9-13-25(22,23)15-6-1-2-7-15)19-14-16(17-8-5-12-24-17)20-10-3-4-11-20/h5,8,12,15-16H,1-4,6-7,9-11,13-14H2,(H,19,21). The third-order valence-electron chi connectivity index (χ3n) is 5.37. The van der Waals surface area contributed by atoms with Gasteiger partial charge in [-0.05, 0) is 50.2 Å². The minimum absolute atomic E-state index is 0.0170. The third-order valence-corrected chi connectivity index (χ3v) is 8.60. The molecular weight excluding hydrogens is 356 g/mol. The van der Waals surface area contributed by atoms with Gasteiger partial charge in [-0.3, -0.25) is 9.69 Å². The number of likely N-dealkylation sites (tertiary alicyclic amines) is 1. The molecule has 2 fully saturated rings. The molecule has 140 valence electrons. The van der Waals surface area contributed by atoms with Gasteiger partial charge < -0.3 is 5.32 Å². The highest BCUT2D eigenvalue weighted by Gasteiger charge is 2.29. The Morgan fingerprint density at radius 1 is 1.24 bits per heavy atom. The molecule has 1 atom stereocenters. The molecule has 1 amide bonds. The molecule has 1 saturated heterocycles. The maximum absolute atomic E-state index is 12.3. The summed E-state index contributed by atoms with van der Waals surface area (Å²) in [5, 5.41) is 4.82. The summed E-state index contributed by atoms with van der Waals surface area (Å²) >= 11 is 1.72. The van der Waals surface area contributed by atoms with Crippen LogP contribution in [0, 0.1) is 0 Å². The van der Waals surface area contributed by atoms with Crippen LogP contribution in [0.1, 0.15) is 55.9 Å². The smallest absolute Gasteiger partial charge is 0.221 e.